The van der Waals surface area contributed by atoms with Gasteiger partial charge in [-0.1, -0.05) is 6.07 Å². The van der Waals surface area contributed by atoms with Gasteiger partial charge in [-0.05, 0) is 48.5 Å². The summed E-state index contributed by atoms with van der Waals surface area (Å²) in [7, 11) is -3.27. The molecule has 1 saturated heterocycles. The van der Waals surface area contributed by atoms with Gasteiger partial charge in [0.2, 0.25) is 0 Å². The molecule has 7 heteroatoms. The SMILES string of the molecule is CS(=O)(=O)c1cn[nH]c1[C@H]1CCCN1Cc1ccc2[nH]ccc2c1. The number of H-pyrrole nitrogens is 2. The van der Waals surface area contributed by atoms with Gasteiger partial charge >= 0.3 is 0 Å². The van der Waals surface area contributed by atoms with E-state index >= 15 is 0 Å². The van der Waals surface area contributed by atoms with E-state index in [4.69, 9.17) is 0 Å². The molecule has 0 bridgehead atoms. The Balaban J connectivity index is 1.62. The molecule has 2 aromatic heterocycles. The van der Waals surface area contributed by atoms with E-state index in [1.54, 1.807) is 0 Å². The second-order valence-corrected chi connectivity index (χ2v) is 8.43. The Hall–Kier alpha value is -2.12. The fourth-order valence-electron chi connectivity index (χ4n) is 3.60. The lowest BCUT2D eigenvalue weighted by molar-refractivity contribution is 0.242. The van der Waals surface area contributed by atoms with Crippen LogP contribution in [0.1, 0.15) is 30.1 Å². The minimum atomic E-state index is -3.27. The van der Waals surface area contributed by atoms with E-state index in [-0.39, 0.29) is 6.04 Å². The highest BCUT2D eigenvalue weighted by atomic mass is 32.2. The smallest absolute Gasteiger partial charge is 0.178 e. The quantitative estimate of drug-likeness (QED) is 0.762. The Kier molecular flexibility index (Phi) is 3.69. The van der Waals surface area contributed by atoms with Crippen LogP contribution in [-0.2, 0) is 16.4 Å². The molecule has 0 amide bonds. The highest BCUT2D eigenvalue weighted by Crippen LogP contribution is 2.35. The number of benzene rings is 1. The molecule has 1 atom stereocenters. The third-order valence-electron chi connectivity index (χ3n) is 4.73. The maximum absolute atomic E-state index is 12.0. The largest absolute Gasteiger partial charge is 0.361 e. The number of fused-ring (bicyclic) bond motifs is 1. The molecule has 0 radical (unpaired) electrons. The molecule has 4 rings (SSSR count). The molecule has 1 aromatic carbocycles. The predicted molar refractivity (Wildman–Crippen MR) is 92.4 cm³/mol. The van der Waals surface area contributed by atoms with E-state index in [0.29, 0.717) is 4.90 Å². The van der Waals surface area contributed by atoms with Crippen LogP contribution in [0.25, 0.3) is 10.9 Å². The minimum Gasteiger partial charge on any atom is -0.361 e. The van der Waals surface area contributed by atoms with Crippen molar-refractivity contribution in [1.29, 1.82) is 0 Å². The van der Waals surface area contributed by atoms with Crippen LogP contribution in [0.3, 0.4) is 0 Å². The van der Waals surface area contributed by atoms with Gasteiger partial charge in [0.1, 0.15) is 4.90 Å². The van der Waals surface area contributed by atoms with Crippen LogP contribution >= 0.6 is 0 Å². The second-order valence-electron chi connectivity index (χ2n) is 6.45. The van der Waals surface area contributed by atoms with Crippen molar-refractivity contribution in [2.24, 2.45) is 0 Å². The summed E-state index contributed by atoms with van der Waals surface area (Å²) in [6.07, 6.45) is 6.60. The van der Waals surface area contributed by atoms with E-state index in [2.05, 4.69) is 44.3 Å². The number of likely N-dealkylation sites (tertiary alicyclic amines) is 1. The van der Waals surface area contributed by atoms with Crippen molar-refractivity contribution in [2.45, 2.75) is 30.3 Å². The standard InChI is InChI=1S/C17H20N4O2S/c1-24(22,23)16-10-19-20-17(16)15-3-2-8-21(15)11-12-4-5-14-13(9-12)6-7-18-14/h4-7,9-10,15,18H,2-3,8,11H2,1H3,(H,19,20)/t15-/m1/s1. The average Bonchev–Trinajstić information content (AvgIpc) is 3.25. The number of rotatable bonds is 4. The number of sulfone groups is 1. The van der Waals surface area contributed by atoms with E-state index in [0.717, 1.165) is 37.1 Å². The molecule has 6 nitrogen and oxygen atoms in total. The van der Waals surface area contributed by atoms with Crippen LogP contribution < -0.4 is 0 Å². The van der Waals surface area contributed by atoms with Crippen LogP contribution in [-0.4, -0.2) is 41.3 Å². The number of aromatic amines is 2. The van der Waals surface area contributed by atoms with Gasteiger partial charge in [-0.25, -0.2) is 8.42 Å². The summed E-state index contributed by atoms with van der Waals surface area (Å²) >= 11 is 0. The maximum atomic E-state index is 12.0. The fourth-order valence-corrected chi connectivity index (χ4v) is 4.42. The monoisotopic (exact) mass is 344 g/mol. The van der Waals surface area contributed by atoms with Crippen molar-refractivity contribution in [3.63, 3.8) is 0 Å². The Morgan fingerprint density at radius 2 is 2.21 bits per heavy atom. The van der Waals surface area contributed by atoms with E-state index in [1.807, 2.05) is 6.20 Å². The maximum Gasteiger partial charge on any atom is 0.178 e. The van der Waals surface area contributed by atoms with Gasteiger partial charge in [-0.3, -0.25) is 10.00 Å². The lowest BCUT2D eigenvalue weighted by Gasteiger charge is -2.24. The molecular weight excluding hydrogens is 324 g/mol. The molecule has 24 heavy (non-hydrogen) atoms. The van der Waals surface area contributed by atoms with Gasteiger partial charge < -0.3 is 4.98 Å². The molecule has 1 fully saturated rings. The molecule has 1 aliphatic rings. The molecule has 1 aliphatic heterocycles. The van der Waals surface area contributed by atoms with Gasteiger partial charge in [0.25, 0.3) is 0 Å². The molecule has 0 unspecified atom stereocenters. The molecule has 0 saturated carbocycles. The summed E-state index contributed by atoms with van der Waals surface area (Å²) in [6, 6.07) is 8.54. The first-order valence-corrected chi connectivity index (χ1v) is 9.95. The third-order valence-corrected chi connectivity index (χ3v) is 5.86. The molecule has 3 aromatic rings. The molecule has 126 valence electrons. The van der Waals surface area contributed by atoms with Gasteiger partial charge in [-0.2, -0.15) is 5.10 Å². The summed E-state index contributed by atoms with van der Waals surface area (Å²) in [5, 5.41) is 8.09. The third kappa shape index (κ3) is 2.74. The van der Waals surface area contributed by atoms with Crippen molar-refractivity contribution in [1.82, 2.24) is 20.1 Å². The van der Waals surface area contributed by atoms with E-state index in [9.17, 15) is 8.42 Å². The lowest BCUT2D eigenvalue weighted by Crippen LogP contribution is -2.24. The number of hydrogen-bond acceptors (Lipinski definition) is 4. The number of nitrogens with one attached hydrogen (secondary N) is 2. The van der Waals surface area contributed by atoms with Crippen LogP contribution in [0, 0.1) is 0 Å². The molecule has 2 N–H and O–H groups in total. The van der Waals surface area contributed by atoms with Crippen LogP contribution in [0.5, 0.6) is 0 Å². The highest BCUT2D eigenvalue weighted by Gasteiger charge is 2.31. The number of nitrogens with zero attached hydrogens (tertiary/aromatic N) is 2. The van der Waals surface area contributed by atoms with Crippen LogP contribution in [0.2, 0.25) is 0 Å². The minimum absolute atomic E-state index is 0.0687. The van der Waals surface area contributed by atoms with E-state index in [1.165, 1.54) is 23.4 Å². The van der Waals surface area contributed by atoms with Crippen molar-refractivity contribution in [3.8, 4) is 0 Å². The molecule has 0 aliphatic carbocycles. The first-order valence-electron chi connectivity index (χ1n) is 8.06. The Morgan fingerprint density at radius 1 is 1.33 bits per heavy atom. The second kappa shape index (κ2) is 5.75. The Labute approximate surface area is 140 Å². The van der Waals surface area contributed by atoms with Crippen molar-refractivity contribution in [3.05, 3.63) is 47.9 Å². The average molecular weight is 344 g/mol. The van der Waals surface area contributed by atoms with Crippen LogP contribution in [0.15, 0.2) is 41.6 Å². The van der Waals surface area contributed by atoms with E-state index < -0.39 is 9.84 Å². The fraction of sp³-hybridized carbons (Fsp3) is 0.353. The zero-order chi connectivity index (χ0) is 16.7. The lowest BCUT2D eigenvalue weighted by atomic mass is 10.1. The molecule has 3 heterocycles. The summed E-state index contributed by atoms with van der Waals surface area (Å²) in [4.78, 5) is 5.85. The first kappa shape index (κ1) is 15.4. The number of hydrogen-bond donors (Lipinski definition) is 2. The van der Waals surface area contributed by atoms with Crippen LogP contribution in [0.4, 0.5) is 0 Å². The summed E-state index contributed by atoms with van der Waals surface area (Å²) < 4.78 is 23.9. The topological polar surface area (TPSA) is 81.8 Å². The van der Waals surface area contributed by atoms with Crippen molar-refractivity contribution in [2.75, 3.05) is 12.8 Å². The Bertz CT molecular complexity index is 973. The first-order chi connectivity index (χ1) is 11.5. The van der Waals surface area contributed by atoms with Gasteiger partial charge in [0.15, 0.2) is 9.84 Å². The molecular formula is C17H20N4O2S. The van der Waals surface area contributed by atoms with Gasteiger partial charge in [0, 0.05) is 24.5 Å². The van der Waals surface area contributed by atoms with Crippen molar-refractivity contribution >= 4 is 20.7 Å². The van der Waals surface area contributed by atoms with Crippen molar-refractivity contribution < 1.29 is 8.42 Å². The summed E-state index contributed by atoms with van der Waals surface area (Å²) in [5.41, 5.74) is 3.08. The summed E-state index contributed by atoms with van der Waals surface area (Å²) in [5.74, 6) is 0. The summed E-state index contributed by atoms with van der Waals surface area (Å²) in [6.45, 7) is 1.76. The zero-order valence-corrected chi connectivity index (χ0v) is 14.3. The predicted octanol–water partition coefficient (Wildman–Crippen LogP) is 2.63. The number of aromatic nitrogens is 3. The van der Waals surface area contributed by atoms with Gasteiger partial charge in [0.05, 0.1) is 17.9 Å². The van der Waals surface area contributed by atoms with Gasteiger partial charge in [-0.15, -0.1) is 0 Å². The molecule has 0 spiro atoms. The highest BCUT2D eigenvalue weighted by molar-refractivity contribution is 7.90. The zero-order valence-electron chi connectivity index (χ0n) is 13.5. The normalized spacial score (nSPS) is 19.3. The Morgan fingerprint density at radius 3 is 3.04 bits per heavy atom.